The minimum atomic E-state index is 0.549. The lowest BCUT2D eigenvalue weighted by atomic mass is 9.98. The Balaban J connectivity index is 1.72. The molecule has 2 N–H and O–H groups in total. The highest BCUT2D eigenvalue weighted by atomic mass is 16.5. The van der Waals surface area contributed by atoms with Gasteiger partial charge in [-0.15, -0.1) is 10.2 Å². The number of rotatable bonds is 2. The summed E-state index contributed by atoms with van der Waals surface area (Å²) in [4.78, 5) is 0. The molecule has 2 aliphatic heterocycles. The number of hydrogen-bond acceptors (Lipinski definition) is 4. The Kier molecular flexibility index (Phi) is 2.73. The van der Waals surface area contributed by atoms with Crippen LogP contribution in [-0.2, 0) is 19.4 Å². The summed E-state index contributed by atoms with van der Waals surface area (Å²) in [5, 5.41) is 8.74. The van der Waals surface area contributed by atoms with Crippen LogP contribution < -0.4 is 10.5 Å². The minimum absolute atomic E-state index is 0.549. The standard InChI is InChI=1S/C15H18N4O/c16-9-10-3-5-19-14(7-10)17-18-15(19)12-1-2-13-11(8-12)4-6-20-13/h1-2,8,10H,3-7,9,16H2. The molecule has 0 aliphatic carbocycles. The van der Waals surface area contributed by atoms with Gasteiger partial charge in [0, 0.05) is 24.9 Å². The van der Waals surface area contributed by atoms with Crippen LogP contribution in [0.3, 0.4) is 0 Å². The van der Waals surface area contributed by atoms with E-state index in [0.717, 1.165) is 61.9 Å². The largest absolute Gasteiger partial charge is 0.493 e. The van der Waals surface area contributed by atoms with Crippen molar-refractivity contribution in [1.29, 1.82) is 0 Å². The zero-order valence-corrected chi connectivity index (χ0v) is 11.4. The monoisotopic (exact) mass is 270 g/mol. The molecule has 0 radical (unpaired) electrons. The van der Waals surface area contributed by atoms with Gasteiger partial charge < -0.3 is 15.0 Å². The van der Waals surface area contributed by atoms with Crippen LogP contribution in [0.1, 0.15) is 17.8 Å². The quantitative estimate of drug-likeness (QED) is 0.896. The molecule has 1 aromatic carbocycles. The van der Waals surface area contributed by atoms with Crippen molar-refractivity contribution in [1.82, 2.24) is 14.8 Å². The molecule has 0 amide bonds. The molecule has 3 heterocycles. The fraction of sp³-hybridized carbons (Fsp3) is 0.467. The van der Waals surface area contributed by atoms with Crippen LogP contribution in [0.25, 0.3) is 11.4 Å². The SMILES string of the molecule is NCC1CCn2c(nnc2-c2ccc3c(c2)CCO3)C1. The average molecular weight is 270 g/mol. The molecule has 104 valence electrons. The van der Waals surface area contributed by atoms with Crippen molar-refractivity contribution in [2.75, 3.05) is 13.2 Å². The van der Waals surface area contributed by atoms with E-state index in [4.69, 9.17) is 10.5 Å². The van der Waals surface area contributed by atoms with Crippen molar-refractivity contribution in [3.05, 3.63) is 29.6 Å². The predicted molar refractivity (Wildman–Crippen MR) is 75.5 cm³/mol. The molecule has 0 bridgehead atoms. The fourth-order valence-corrected chi connectivity index (χ4v) is 3.13. The first-order valence-electron chi connectivity index (χ1n) is 7.23. The van der Waals surface area contributed by atoms with E-state index in [1.165, 1.54) is 5.56 Å². The second-order valence-electron chi connectivity index (χ2n) is 5.61. The normalized spacial score (nSPS) is 20.4. The van der Waals surface area contributed by atoms with Gasteiger partial charge in [0.25, 0.3) is 0 Å². The van der Waals surface area contributed by atoms with Gasteiger partial charge in [-0.05, 0) is 42.6 Å². The Labute approximate surface area is 117 Å². The van der Waals surface area contributed by atoms with Gasteiger partial charge >= 0.3 is 0 Å². The summed E-state index contributed by atoms with van der Waals surface area (Å²) in [5.41, 5.74) is 8.18. The molecule has 2 aliphatic rings. The zero-order chi connectivity index (χ0) is 13.5. The second kappa shape index (κ2) is 4.59. The van der Waals surface area contributed by atoms with Crippen LogP contribution in [0.15, 0.2) is 18.2 Å². The van der Waals surface area contributed by atoms with Gasteiger partial charge in [-0.2, -0.15) is 0 Å². The Morgan fingerprint density at radius 2 is 2.30 bits per heavy atom. The van der Waals surface area contributed by atoms with Gasteiger partial charge in [-0.1, -0.05) is 0 Å². The molecule has 20 heavy (non-hydrogen) atoms. The zero-order valence-electron chi connectivity index (χ0n) is 11.4. The molecule has 0 saturated heterocycles. The van der Waals surface area contributed by atoms with Crippen LogP contribution in [-0.4, -0.2) is 27.9 Å². The molecule has 1 unspecified atom stereocenters. The van der Waals surface area contributed by atoms with E-state index in [2.05, 4.69) is 26.9 Å². The van der Waals surface area contributed by atoms with E-state index >= 15 is 0 Å². The number of nitrogens with zero attached hydrogens (tertiary/aromatic N) is 3. The molecule has 1 atom stereocenters. The Morgan fingerprint density at radius 1 is 1.35 bits per heavy atom. The lowest BCUT2D eigenvalue weighted by Gasteiger charge is -2.22. The van der Waals surface area contributed by atoms with E-state index in [1.54, 1.807) is 0 Å². The summed E-state index contributed by atoms with van der Waals surface area (Å²) in [6, 6.07) is 6.32. The van der Waals surface area contributed by atoms with Crippen molar-refractivity contribution in [2.45, 2.75) is 25.8 Å². The predicted octanol–water partition coefficient (Wildman–Crippen LogP) is 1.40. The molecule has 5 nitrogen and oxygen atoms in total. The highest BCUT2D eigenvalue weighted by Crippen LogP contribution is 2.31. The first-order valence-corrected chi connectivity index (χ1v) is 7.23. The van der Waals surface area contributed by atoms with Crippen molar-refractivity contribution in [3.63, 3.8) is 0 Å². The summed E-state index contributed by atoms with van der Waals surface area (Å²) in [6.07, 6.45) is 3.04. The summed E-state index contributed by atoms with van der Waals surface area (Å²) in [7, 11) is 0. The van der Waals surface area contributed by atoms with Crippen molar-refractivity contribution < 1.29 is 4.74 Å². The Bertz CT molecular complexity index is 649. The van der Waals surface area contributed by atoms with E-state index in [0.29, 0.717) is 5.92 Å². The van der Waals surface area contributed by atoms with Gasteiger partial charge in [-0.25, -0.2) is 0 Å². The fourth-order valence-electron chi connectivity index (χ4n) is 3.13. The molecular formula is C15H18N4O. The number of hydrogen-bond donors (Lipinski definition) is 1. The smallest absolute Gasteiger partial charge is 0.163 e. The third-order valence-corrected chi connectivity index (χ3v) is 4.34. The summed E-state index contributed by atoms with van der Waals surface area (Å²) >= 11 is 0. The van der Waals surface area contributed by atoms with Crippen molar-refractivity contribution >= 4 is 0 Å². The maximum absolute atomic E-state index is 5.77. The van der Waals surface area contributed by atoms with E-state index in [-0.39, 0.29) is 0 Å². The summed E-state index contributed by atoms with van der Waals surface area (Å²) < 4.78 is 7.80. The Hall–Kier alpha value is -1.88. The second-order valence-corrected chi connectivity index (χ2v) is 5.61. The molecule has 5 heteroatoms. The molecule has 2 aromatic rings. The molecule has 1 aromatic heterocycles. The van der Waals surface area contributed by atoms with Crippen molar-refractivity contribution in [3.8, 4) is 17.1 Å². The average Bonchev–Trinajstić information content (AvgIpc) is 3.11. The maximum Gasteiger partial charge on any atom is 0.163 e. The first kappa shape index (κ1) is 11.9. The van der Waals surface area contributed by atoms with Gasteiger partial charge in [-0.3, -0.25) is 0 Å². The number of aromatic nitrogens is 3. The van der Waals surface area contributed by atoms with Crippen LogP contribution >= 0.6 is 0 Å². The summed E-state index contributed by atoms with van der Waals surface area (Å²) in [5.74, 6) is 3.60. The lowest BCUT2D eigenvalue weighted by molar-refractivity contribution is 0.357. The van der Waals surface area contributed by atoms with Crippen LogP contribution in [0, 0.1) is 5.92 Å². The third kappa shape index (κ3) is 1.81. The van der Waals surface area contributed by atoms with Gasteiger partial charge in [0.05, 0.1) is 6.61 Å². The number of fused-ring (bicyclic) bond motifs is 2. The highest BCUT2D eigenvalue weighted by molar-refractivity contribution is 5.60. The minimum Gasteiger partial charge on any atom is -0.493 e. The highest BCUT2D eigenvalue weighted by Gasteiger charge is 2.23. The molecule has 4 rings (SSSR count). The molecule has 0 spiro atoms. The van der Waals surface area contributed by atoms with Gasteiger partial charge in [0.15, 0.2) is 5.82 Å². The van der Waals surface area contributed by atoms with Crippen LogP contribution in [0.2, 0.25) is 0 Å². The first-order chi connectivity index (χ1) is 9.85. The molecular weight excluding hydrogens is 252 g/mol. The number of nitrogens with two attached hydrogens (primary N) is 1. The molecule has 0 fully saturated rings. The third-order valence-electron chi connectivity index (χ3n) is 4.34. The topological polar surface area (TPSA) is 66.0 Å². The van der Waals surface area contributed by atoms with Crippen molar-refractivity contribution in [2.24, 2.45) is 11.7 Å². The number of benzene rings is 1. The van der Waals surface area contributed by atoms with E-state index in [9.17, 15) is 0 Å². The summed E-state index contributed by atoms with van der Waals surface area (Å²) in [6.45, 7) is 2.49. The van der Waals surface area contributed by atoms with Gasteiger partial charge in [0.1, 0.15) is 11.6 Å². The van der Waals surface area contributed by atoms with Crippen LogP contribution in [0.5, 0.6) is 5.75 Å². The van der Waals surface area contributed by atoms with E-state index < -0.39 is 0 Å². The van der Waals surface area contributed by atoms with Crippen LogP contribution in [0.4, 0.5) is 0 Å². The lowest BCUT2D eigenvalue weighted by Crippen LogP contribution is -2.25. The Morgan fingerprint density at radius 3 is 3.20 bits per heavy atom. The van der Waals surface area contributed by atoms with Gasteiger partial charge in [0.2, 0.25) is 0 Å². The van der Waals surface area contributed by atoms with E-state index in [1.807, 2.05) is 6.07 Å². The molecule has 0 saturated carbocycles. The maximum atomic E-state index is 5.77. The number of ether oxygens (including phenoxy) is 1.